The number of nitrogens with one attached hydrogen (secondary N) is 1. The fraction of sp³-hybridized carbons (Fsp3) is 0.600. The van der Waals surface area contributed by atoms with Crippen LogP contribution in [0.5, 0.6) is 0 Å². The van der Waals surface area contributed by atoms with Gasteiger partial charge < -0.3 is 15.6 Å². The minimum Gasteiger partial charge on any atom is -0.346 e. The van der Waals surface area contributed by atoms with Crippen LogP contribution in [-0.2, 0) is 6.42 Å². The summed E-state index contributed by atoms with van der Waals surface area (Å²) >= 11 is 0. The number of aromatic amines is 1. The van der Waals surface area contributed by atoms with Crippen molar-refractivity contribution in [3.05, 3.63) is 22.2 Å². The van der Waals surface area contributed by atoms with Crippen molar-refractivity contribution >= 4 is 5.82 Å². The van der Waals surface area contributed by atoms with E-state index in [-0.39, 0.29) is 18.9 Å². The lowest BCUT2D eigenvalue weighted by Crippen LogP contribution is -2.39. The largest absolute Gasteiger partial charge is 0.405 e. The lowest BCUT2D eigenvalue weighted by molar-refractivity contribution is -0.119. The Bertz CT molecular complexity index is 443. The van der Waals surface area contributed by atoms with Gasteiger partial charge in [0.25, 0.3) is 5.56 Å². The lowest BCUT2D eigenvalue weighted by Gasteiger charge is -2.24. The number of anilines is 1. The number of nitrogens with zero attached hydrogens (tertiary/aromatic N) is 2. The maximum atomic E-state index is 12.4. The summed E-state index contributed by atoms with van der Waals surface area (Å²) in [5.41, 5.74) is 4.80. The van der Waals surface area contributed by atoms with Crippen LogP contribution < -0.4 is 16.2 Å². The summed E-state index contributed by atoms with van der Waals surface area (Å²) in [6.07, 6.45) is -3.93. The van der Waals surface area contributed by atoms with Gasteiger partial charge in [0.2, 0.25) is 0 Å². The maximum Gasteiger partial charge on any atom is 0.405 e. The molecule has 1 rings (SSSR count). The molecule has 0 bridgehead atoms. The molecule has 0 fully saturated rings. The fourth-order valence-corrected chi connectivity index (χ4v) is 1.47. The Kier molecular flexibility index (Phi) is 4.71. The predicted molar refractivity (Wildman–Crippen MR) is 61.6 cm³/mol. The van der Waals surface area contributed by atoms with Crippen molar-refractivity contribution in [1.82, 2.24) is 9.97 Å². The molecule has 0 amide bonds. The van der Waals surface area contributed by atoms with Gasteiger partial charge >= 0.3 is 6.18 Å². The van der Waals surface area contributed by atoms with E-state index in [1.54, 1.807) is 6.92 Å². The number of hydrogen-bond acceptors (Lipinski definition) is 4. The van der Waals surface area contributed by atoms with Crippen molar-refractivity contribution in [2.45, 2.75) is 19.5 Å². The van der Waals surface area contributed by atoms with Crippen LogP contribution in [0.3, 0.4) is 0 Å². The van der Waals surface area contributed by atoms with Crippen molar-refractivity contribution in [2.24, 2.45) is 5.73 Å². The van der Waals surface area contributed by atoms with Crippen molar-refractivity contribution in [3.8, 4) is 0 Å². The highest BCUT2D eigenvalue weighted by atomic mass is 19.4. The normalized spacial score (nSPS) is 11.6. The number of halogens is 3. The Labute approximate surface area is 102 Å². The molecule has 0 saturated heterocycles. The molecule has 0 unspecified atom stereocenters. The first-order chi connectivity index (χ1) is 8.35. The molecule has 1 heterocycles. The lowest BCUT2D eigenvalue weighted by atomic mass is 10.4. The second kappa shape index (κ2) is 5.85. The van der Waals surface area contributed by atoms with Gasteiger partial charge in [0.15, 0.2) is 0 Å². The highest BCUT2D eigenvalue weighted by Gasteiger charge is 2.31. The Morgan fingerprint density at radius 1 is 1.50 bits per heavy atom. The van der Waals surface area contributed by atoms with Crippen LogP contribution in [0.2, 0.25) is 0 Å². The van der Waals surface area contributed by atoms with Crippen molar-refractivity contribution in [3.63, 3.8) is 0 Å². The van der Waals surface area contributed by atoms with Crippen LogP contribution in [0.4, 0.5) is 19.0 Å². The van der Waals surface area contributed by atoms with E-state index in [9.17, 15) is 18.0 Å². The second-order valence-corrected chi connectivity index (χ2v) is 3.73. The number of aryl methyl sites for hydroxylation is 1. The summed E-state index contributed by atoms with van der Waals surface area (Å²) in [5, 5.41) is 0. The van der Waals surface area contributed by atoms with Gasteiger partial charge in [0.1, 0.15) is 18.2 Å². The van der Waals surface area contributed by atoms with Crippen LogP contribution >= 0.6 is 0 Å². The smallest absolute Gasteiger partial charge is 0.346 e. The summed E-state index contributed by atoms with van der Waals surface area (Å²) in [7, 11) is 0. The Morgan fingerprint density at radius 2 is 2.17 bits per heavy atom. The van der Waals surface area contributed by atoms with Gasteiger partial charge in [0, 0.05) is 25.6 Å². The number of H-pyrrole nitrogens is 1. The summed E-state index contributed by atoms with van der Waals surface area (Å²) in [5.74, 6) is 0.347. The van der Waals surface area contributed by atoms with Crippen molar-refractivity contribution < 1.29 is 13.2 Å². The quantitative estimate of drug-likeness (QED) is 0.819. The minimum atomic E-state index is -4.37. The number of alkyl halides is 3. The first-order valence-corrected chi connectivity index (χ1v) is 5.47. The van der Waals surface area contributed by atoms with E-state index < -0.39 is 18.3 Å². The molecule has 5 nitrogen and oxygen atoms in total. The number of rotatable bonds is 5. The third kappa shape index (κ3) is 4.36. The Hall–Kier alpha value is -1.57. The molecule has 1 aromatic heterocycles. The highest BCUT2D eigenvalue weighted by Crippen LogP contribution is 2.19. The van der Waals surface area contributed by atoms with Crippen LogP contribution in [0.15, 0.2) is 10.9 Å². The number of aromatic nitrogens is 2. The van der Waals surface area contributed by atoms with Crippen LogP contribution in [-0.4, -0.2) is 35.8 Å². The minimum absolute atomic E-state index is 0.00150. The van der Waals surface area contributed by atoms with E-state index in [1.165, 1.54) is 0 Å². The molecule has 0 atom stereocenters. The molecule has 0 radical (unpaired) electrons. The van der Waals surface area contributed by atoms with Crippen LogP contribution in [0.25, 0.3) is 0 Å². The average Bonchev–Trinajstić information content (AvgIpc) is 2.26. The SMILES string of the molecule is CCc1nc(N(CCN)CC(F)(F)F)cc(=O)[nH]1. The van der Waals surface area contributed by atoms with Crippen LogP contribution in [0.1, 0.15) is 12.7 Å². The molecule has 8 heteroatoms. The first kappa shape index (κ1) is 14.5. The first-order valence-electron chi connectivity index (χ1n) is 5.47. The second-order valence-electron chi connectivity index (χ2n) is 3.73. The zero-order valence-electron chi connectivity index (χ0n) is 9.92. The van der Waals surface area contributed by atoms with E-state index in [0.717, 1.165) is 11.0 Å². The van der Waals surface area contributed by atoms with Crippen molar-refractivity contribution in [1.29, 1.82) is 0 Å². The third-order valence-electron chi connectivity index (χ3n) is 2.21. The van der Waals surface area contributed by atoms with Gasteiger partial charge in [-0.15, -0.1) is 0 Å². The summed E-state index contributed by atoms with van der Waals surface area (Å²) in [4.78, 5) is 18.7. The fourth-order valence-electron chi connectivity index (χ4n) is 1.47. The molecule has 0 aliphatic carbocycles. The van der Waals surface area contributed by atoms with Gasteiger partial charge in [-0.1, -0.05) is 6.92 Å². The van der Waals surface area contributed by atoms with Gasteiger partial charge in [0.05, 0.1) is 0 Å². The van der Waals surface area contributed by atoms with E-state index >= 15 is 0 Å². The maximum absolute atomic E-state index is 12.4. The zero-order chi connectivity index (χ0) is 13.8. The molecule has 102 valence electrons. The number of nitrogens with two attached hydrogens (primary N) is 1. The van der Waals surface area contributed by atoms with Gasteiger partial charge in [-0.3, -0.25) is 4.79 Å². The molecule has 0 saturated carbocycles. The van der Waals surface area contributed by atoms with E-state index in [4.69, 9.17) is 5.73 Å². The highest BCUT2D eigenvalue weighted by molar-refractivity contribution is 5.37. The topological polar surface area (TPSA) is 75.0 Å². The Morgan fingerprint density at radius 3 is 2.67 bits per heavy atom. The molecule has 0 aliphatic rings. The average molecular weight is 264 g/mol. The van der Waals surface area contributed by atoms with E-state index in [0.29, 0.717) is 12.2 Å². The zero-order valence-corrected chi connectivity index (χ0v) is 9.92. The molecule has 18 heavy (non-hydrogen) atoms. The standard InChI is InChI=1S/C10H15F3N4O/c1-2-7-15-8(5-9(18)16-7)17(4-3-14)6-10(11,12)13/h5H,2-4,6,14H2,1H3,(H,15,16,18). The van der Waals surface area contributed by atoms with Gasteiger partial charge in [-0.25, -0.2) is 4.98 Å². The monoisotopic (exact) mass is 264 g/mol. The molecular formula is C10H15F3N4O. The molecule has 3 N–H and O–H groups in total. The van der Waals surface area contributed by atoms with E-state index in [2.05, 4.69) is 9.97 Å². The Balaban J connectivity index is 3.04. The van der Waals surface area contributed by atoms with Gasteiger partial charge in [-0.2, -0.15) is 13.2 Å². The third-order valence-corrected chi connectivity index (χ3v) is 2.21. The van der Waals surface area contributed by atoms with Crippen molar-refractivity contribution in [2.75, 3.05) is 24.5 Å². The van der Waals surface area contributed by atoms with E-state index in [1.807, 2.05) is 0 Å². The molecule has 1 aromatic rings. The summed E-state index contributed by atoms with van der Waals surface area (Å²) in [6, 6.07) is 1.04. The molecular weight excluding hydrogens is 249 g/mol. The van der Waals surface area contributed by atoms with Gasteiger partial charge in [-0.05, 0) is 0 Å². The molecule has 0 spiro atoms. The van der Waals surface area contributed by atoms with Crippen LogP contribution in [0, 0.1) is 0 Å². The predicted octanol–water partition coefficient (Wildman–Crippen LogP) is 0.660. The molecule has 0 aliphatic heterocycles. The summed E-state index contributed by atoms with van der Waals surface area (Å²) in [6.45, 7) is 0.605. The molecule has 0 aromatic carbocycles. The summed E-state index contributed by atoms with van der Waals surface area (Å²) < 4.78 is 37.2. The number of hydrogen-bond donors (Lipinski definition) is 2.